The smallest absolute Gasteiger partial charge is 0.326 e. The molecule has 13 nitrogen and oxygen atoms in total. The Bertz CT molecular complexity index is 685. The summed E-state index contributed by atoms with van der Waals surface area (Å²) in [6, 6.07) is -4.92. The number of aliphatic hydroxyl groups is 1. The molecule has 0 fully saturated rings. The number of carboxylic acid groups (broad SMARTS) is 2. The monoisotopic (exact) mass is 475 g/mol. The fourth-order valence-corrected chi connectivity index (χ4v) is 2.82. The van der Waals surface area contributed by atoms with Crippen LogP contribution in [0, 0.1) is 5.92 Å². The summed E-state index contributed by atoms with van der Waals surface area (Å²) in [5, 5.41) is 34.8. The molecular formula is C20H37N5O8. The van der Waals surface area contributed by atoms with Crippen molar-refractivity contribution in [3.05, 3.63) is 0 Å². The van der Waals surface area contributed by atoms with E-state index < -0.39 is 72.3 Å². The van der Waals surface area contributed by atoms with Gasteiger partial charge in [0.2, 0.25) is 17.7 Å². The summed E-state index contributed by atoms with van der Waals surface area (Å²) in [7, 11) is 0. The predicted octanol–water partition coefficient (Wildman–Crippen LogP) is -2.12. The minimum atomic E-state index is -1.45. The van der Waals surface area contributed by atoms with E-state index in [0.29, 0.717) is 19.4 Å². The number of hydrogen-bond acceptors (Lipinski definition) is 8. The molecule has 0 saturated heterocycles. The zero-order valence-electron chi connectivity index (χ0n) is 19.2. The molecule has 0 aromatic heterocycles. The van der Waals surface area contributed by atoms with Crippen LogP contribution in [0.1, 0.15) is 52.9 Å². The van der Waals surface area contributed by atoms with E-state index in [1.807, 2.05) is 0 Å². The van der Waals surface area contributed by atoms with E-state index in [9.17, 15) is 34.2 Å². The van der Waals surface area contributed by atoms with Gasteiger partial charge in [-0.15, -0.1) is 0 Å². The van der Waals surface area contributed by atoms with E-state index in [2.05, 4.69) is 16.0 Å². The van der Waals surface area contributed by atoms with Gasteiger partial charge < -0.3 is 42.7 Å². The maximum absolute atomic E-state index is 12.9. The van der Waals surface area contributed by atoms with Crippen molar-refractivity contribution >= 4 is 29.7 Å². The van der Waals surface area contributed by atoms with Gasteiger partial charge in [0.25, 0.3) is 0 Å². The van der Waals surface area contributed by atoms with Gasteiger partial charge in [-0.05, 0) is 45.1 Å². The molecule has 0 aromatic rings. The van der Waals surface area contributed by atoms with Crippen LogP contribution in [0.3, 0.4) is 0 Å². The molecule has 10 N–H and O–H groups in total. The number of aliphatic carboxylic acids is 2. The van der Waals surface area contributed by atoms with Gasteiger partial charge in [-0.1, -0.05) is 13.8 Å². The summed E-state index contributed by atoms with van der Waals surface area (Å²) in [6.45, 7) is 4.96. The van der Waals surface area contributed by atoms with Crippen molar-refractivity contribution in [1.29, 1.82) is 0 Å². The molecule has 0 aliphatic heterocycles. The maximum atomic E-state index is 12.9. The first-order chi connectivity index (χ1) is 15.3. The number of nitrogens with one attached hydrogen (secondary N) is 3. The minimum Gasteiger partial charge on any atom is -0.481 e. The molecule has 0 rings (SSSR count). The van der Waals surface area contributed by atoms with Crippen LogP contribution in [0.15, 0.2) is 0 Å². The van der Waals surface area contributed by atoms with Crippen molar-refractivity contribution in [3.8, 4) is 0 Å². The molecule has 5 unspecified atom stereocenters. The molecule has 0 bridgehead atoms. The predicted molar refractivity (Wildman–Crippen MR) is 118 cm³/mol. The molecule has 0 radical (unpaired) electrons. The van der Waals surface area contributed by atoms with Gasteiger partial charge in [0.1, 0.15) is 24.2 Å². The van der Waals surface area contributed by atoms with Crippen molar-refractivity contribution in [2.24, 2.45) is 17.4 Å². The molecule has 33 heavy (non-hydrogen) atoms. The van der Waals surface area contributed by atoms with Crippen LogP contribution in [0.4, 0.5) is 0 Å². The van der Waals surface area contributed by atoms with Crippen LogP contribution >= 0.6 is 0 Å². The summed E-state index contributed by atoms with van der Waals surface area (Å²) in [6.07, 6.45) is -0.665. The van der Waals surface area contributed by atoms with Crippen LogP contribution in [-0.4, -0.2) is 81.8 Å². The van der Waals surface area contributed by atoms with Crippen molar-refractivity contribution in [2.45, 2.75) is 83.1 Å². The molecule has 13 heteroatoms. The van der Waals surface area contributed by atoms with Crippen molar-refractivity contribution in [3.63, 3.8) is 0 Å². The SMILES string of the molecule is CC(C)C(NC(=O)C(CCCCN)NC(=O)C(N)C(C)O)C(=O)NC(CCC(=O)O)C(=O)O. The van der Waals surface area contributed by atoms with Gasteiger partial charge in [-0.2, -0.15) is 0 Å². The Balaban J connectivity index is 5.42. The number of unbranched alkanes of at least 4 members (excludes halogenated alkanes) is 1. The van der Waals surface area contributed by atoms with Crippen LogP contribution in [-0.2, 0) is 24.0 Å². The normalized spacial score (nSPS) is 15.6. The van der Waals surface area contributed by atoms with Crippen LogP contribution in [0.2, 0.25) is 0 Å². The standard InChI is InChI=1S/C20H37N5O8/c1-10(2)16(19(31)24-13(20(32)33)7-8-14(27)28)25-17(29)12(6-4-5-9-21)23-18(30)15(22)11(3)26/h10-13,15-16,26H,4-9,21-22H2,1-3H3,(H,23,30)(H,24,31)(H,25,29)(H,27,28)(H,32,33). The molecule has 0 spiro atoms. The summed E-state index contributed by atoms with van der Waals surface area (Å²) in [5.41, 5.74) is 11.1. The molecular weight excluding hydrogens is 438 g/mol. The Morgan fingerprint density at radius 2 is 1.39 bits per heavy atom. The number of amides is 3. The highest BCUT2D eigenvalue weighted by Crippen LogP contribution is 2.08. The molecule has 0 aromatic carbocycles. The Hall–Kier alpha value is -2.77. The van der Waals surface area contributed by atoms with Crippen LogP contribution in [0.5, 0.6) is 0 Å². The summed E-state index contributed by atoms with van der Waals surface area (Å²) >= 11 is 0. The van der Waals surface area contributed by atoms with E-state index in [0.717, 1.165) is 0 Å². The summed E-state index contributed by atoms with van der Waals surface area (Å²) in [5.74, 6) is -5.31. The summed E-state index contributed by atoms with van der Waals surface area (Å²) < 4.78 is 0. The zero-order chi connectivity index (χ0) is 25.7. The fourth-order valence-electron chi connectivity index (χ4n) is 2.82. The summed E-state index contributed by atoms with van der Waals surface area (Å²) in [4.78, 5) is 59.9. The third-order valence-electron chi connectivity index (χ3n) is 4.91. The lowest BCUT2D eigenvalue weighted by Gasteiger charge is -2.27. The first kappa shape index (κ1) is 30.2. The fraction of sp³-hybridized carbons (Fsp3) is 0.750. The first-order valence-electron chi connectivity index (χ1n) is 10.8. The number of nitrogens with two attached hydrogens (primary N) is 2. The molecule has 0 aliphatic rings. The Kier molecular flexibility index (Phi) is 13.9. The number of carbonyl (C=O) groups is 5. The topological polar surface area (TPSA) is 234 Å². The Morgan fingerprint density at radius 1 is 0.818 bits per heavy atom. The Labute approximate surface area is 192 Å². The lowest BCUT2D eigenvalue weighted by molar-refractivity contribution is -0.143. The largest absolute Gasteiger partial charge is 0.481 e. The highest BCUT2D eigenvalue weighted by atomic mass is 16.4. The lowest BCUT2D eigenvalue weighted by Crippen LogP contribution is -2.59. The second-order valence-corrected chi connectivity index (χ2v) is 8.17. The Morgan fingerprint density at radius 3 is 1.85 bits per heavy atom. The van der Waals surface area contributed by atoms with Crippen molar-refractivity contribution in [2.75, 3.05) is 6.54 Å². The zero-order valence-corrected chi connectivity index (χ0v) is 19.2. The number of hydrogen-bond donors (Lipinski definition) is 8. The second-order valence-electron chi connectivity index (χ2n) is 8.17. The van der Waals surface area contributed by atoms with Gasteiger partial charge in [0.05, 0.1) is 6.10 Å². The molecule has 190 valence electrons. The number of aliphatic hydroxyl groups excluding tert-OH is 1. The van der Waals surface area contributed by atoms with E-state index in [1.165, 1.54) is 6.92 Å². The van der Waals surface area contributed by atoms with Gasteiger partial charge >= 0.3 is 11.9 Å². The highest BCUT2D eigenvalue weighted by molar-refractivity contribution is 5.94. The van der Waals surface area contributed by atoms with E-state index in [-0.39, 0.29) is 12.8 Å². The van der Waals surface area contributed by atoms with Gasteiger partial charge in [-0.3, -0.25) is 19.2 Å². The van der Waals surface area contributed by atoms with Crippen LogP contribution in [0.25, 0.3) is 0 Å². The molecule has 3 amide bonds. The van der Waals surface area contributed by atoms with Gasteiger partial charge in [0.15, 0.2) is 0 Å². The van der Waals surface area contributed by atoms with E-state index in [4.69, 9.17) is 16.6 Å². The number of carboxylic acids is 2. The molecule has 0 heterocycles. The third kappa shape index (κ3) is 11.6. The number of rotatable bonds is 16. The quantitative estimate of drug-likeness (QED) is 0.113. The molecule has 0 saturated carbocycles. The lowest BCUT2D eigenvalue weighted by atomic mass is 10.0. The maximum Gasteiger partial charge on any atom is 0.326 e. The van der Waals surface area contributed by atoms with E-state index in [1.54, 1.807) is 13.8 Å². The highest BCUT2D eigenvalue weighted by Gasteiger charge is 2.32. The molecule has 5 atom stereocenters. The van der Waals surface area contributed by atoms with Gasteiger partial charge in [0, 0.05) is 6.42 Å². The van der Waals surface area contributed by atoms with Crippen LogP contribution < -0.4 is 27.4 Å². The second kappa shape index (κ2) is 15.1. The van der Waals surface area contributed by atoms with E-state index >= 15 is 0 Å². The first-order valence-corrected chi connectivity index (χ1v) is 10.8. The number of carbonyl (C=O) groups excluding carboxylic acids is 3. The third-order valence-corrected chi connectivity index (χ3v) is 4.91. The van der Waals surface area contributed by atoms with Gasteiger partial charge in [-0.25, -0.2) is 4.79 Å². The van der Waals surface area contributed by atoms with Crippen molar-refractivity contribution < 1.29 is 39.3 Å². The minimum absolute atomic E-state index is 0.199. The average molecular weight is 476 g/mol. The van der Waals surface area contributed by atoms with Crippen molar-refractivity contribution in [1.82, 2.24) is 16.0 Å². The molecule has 0 aliphatic carbocycles. The average Bonchev–Trinajstić information content (AvgIpc) is 2.72.